The van der Waals surface area contributed by atoms with Crippen molar-refractivity contribution >= 4 is 40.2 Å². The molecule has 1 amide bonds. The molecule has 0 spiro atoms. The molecule has 2 aliphatic heterocycles. The maximum atomic E-state index is 13.0. The molecule has 1 fully saturated rings. The first-order valence-electron chi connectivity index (χ1n) is 12.4. The number of hydrogen-bond donors (Lipinski definition) is 2. The van der Waals surface area contributed by atoms with Crippen LogP contribution in [0.2, 0.25) is 0 Å². The molecule has 0 bridgehead atoms. The van der Waals surface area contributed by atoms with Gasteiger partial charge in [-0.2, -0.15) is 30.7 Å². The van der Waals surface area contributed by atoms with Crippen LogP contribution in [0.4, 0.5) is 37.0 Å². The van der Waals surface area contributed by atoms with Gasteiger partial charge in [-0.25, -0.2) is 4.98 Å². The summed E-state index contributed by atoms with van der Waals surface area (Å²) in [5.41, 5.74) is 0.984. The summed E-state index contributed by atoms with van der Waals surface area (Å²) in [7, 11) is 0. The number of halogens is 6. The number of aryl methyl sites for hydroxylation is 1. The second-order valence-corrected chi connectivity index (χ2v) is 10.3. The van der Waals surface area contributed by atoms with Gasteiger partial charge in [-0.15, -0.1) is 0 Å². The van der Waals surface area contributed by atoms with Gasteiger partial charge in [0, 0.05) is 25.1 Å². The summed E-state index contributed by atoms with van der Waals surface area (Å²) in [4.78, 5) is 26.3. The van der Waals surface area contributed by atoms with Gasteiger partial charge in [-0.3, -0.25) is 14.8 Å². The van der Waals surface area contributed by atoms with Gasteiger partial charge >= 0.3 is 12.4 Å². The lowest BCUT2D eigenvalue weighted by atomic mass is 9.99. The molecule has 4 rings (SSSR count). The predicted molar refractivity (Wildman–Crippen MR) is 139 cm³/mol. The van der Waals surface area contributed by atoms with E-state index in [1.54, 1.807) is 24.0 Å². The summed E-state index contributed by atoms with van der Waals surface area (Å²) in [5.74, 6) is -0.0242. The molecule has 2 aliphatic rings. The number of amides is 1. The second kappa shape index (κ2) is 12.5. The molecule has 16 heteroatoms. The lowest BCUT2D eigenvalue weighted by Gasteiger charge is -2.32. The number of carbonyl (C=O) groups excluding carboxylic acids is 1. The first-order valence-corrected chi connectivity index (χ1v) is 13.2. The van der Waals surface area contributed by atoms with E-state index in [1.165, 1.54) is 6.20 Å². The summed E-state index contributed by atoms with van der Waals surface area (Å²) in [6.45, 7) is 2.51. The molecule has 2 N–H and O–H groups in total. The number of rotatable bonds is 8. The molecule has 1 saturated heterocycles. The molecule has 4 heterocycles. The van der Waals surface area contributed by atoms with Crippen molar-refractivity contribution in [3.63, 3.8) is 0 Å². The fourth-order valence-corrected chi connectivity index (χ4v) is 5.05. The minimum absolute atomic E-state index is 0.0246. The standard InChI is InChI=1S/C24H27F6N7O2S/c1-14-20(22(40-36-14)35-18-11-31-17(10-32-18)24(28,29)30)21(38)34-16-4-5-19(33-9-16)39-13-15-3-2-7-37(12-15)8-6-23(25,26)27/h4-5,9,11,15,17H,2-3,6-8,10,12-13H2,1H3,(H,32,35)(H,34,38). The van der Waals surface area contributed by atoms with Crippen LogP contribution in [0.1, 0.15) is 35.3 Å². The van der Waals surface area contributed by atoms with Crippen LogP contribution < -0.4 is 15.4 Å². The zero-order valence-corrected chi connectivity index (χ0v) is 22.2. The van der Waals surface area contributed by atoms with Crippen molar-refractivity contribution in [2.24, 2.45) is 15.9 Å². The van der Waals surface area contributed by atoms with Gasteiger partial charge in [0.15, 0.2) is 6.04 Å². The highest BCUT2D eigenvalue weighted by atomic mass is 32.1. The Hall–Kier alpha value is -3.27. The van der Waals surface area contributed by atoms with Crippen molar-refractivity contribution in [1.82, 2.24) is 14.3 Å². The zero-order chi connectivity index (χ0) is 28.9. The Bertz CT molecular complexity index is 1230. The number of hydrogen-bond acceptors (Lipinski definition) is 9. The Morgan fingerprint density at radius 1 is 1.23 bits per heavy atom. The molecule has 218 valence electrons. The number of aliphatic imine (C=N–C) groups is 2. The summed E-state index contributed by atoms with van der Waals surface area (Å²) >= 11 is 0.960. The van der Waals surface area contributed by atoms with Gasteiger partial charge in [0.2, 0.25) is 5.88 Å². The van der Waals surface area contributed by atoms with Crippen LogP contribution in [0.5, 0.6) is 5.88 Å². The maximum Gasteiger partial charge on any atom is 0.412 e. The molecule has 2 atom stereocenters. The Kier molecular flexibility index (Phi) is 9.28. The van der Waals surface area contributed by atoms with E-state index in [1.807, 2.05) is 0 Å². The van der Waals surface area contributed by atoms with Gasteiger partial charge in [-0.1, -0.05) is 0 Å². The van der Waals surface area contributed by atoms with Crippen LogP contribution in [-0.4, -0.2) is 83.4 Å². The predicted octanol–water partition coefficient (Wildman–Crippen LogP) is 4.97. The number of carbonyl (C=O) groups is 1. The van der Waals surface area contributed by atoms with Gasteiger partial charge in [0.1, 0.15) is 10.8 Å². The van der Waals surface area contributed by atoms with Crippen LogP contribution >= 0.6 is 11.5 Å². The van der Waals surface area contributed by atoms with E-state index < -0.39 is 37.3 Å². The highest BCUT2D eigenvalue weighted by molar-refractivity contribution is 7.11. The minimum Gasteiger partial charge on any atom is -0.477 e. The molecular weight excluding hydrogens is 564 g/mol. The van der Waals surface area contributed by atoms with Crippen molar-refractivity contribution in [3.8, 4) is 5.88 Å². The molecule has 0 aliphatic carbocycles. The highest BCUT2D eigenvalue weighted by Crippen LogP contribution is 2.28. The van der Waals surface area contributed by atoms with E-state index in [0.29, 0.717) is 42.0 Å². The number of piperidine rings is 1. The Balaban J connectivity index is 1.28. The van der Waals surface area contributed by atoms with E-state index in [4.69, 9.17) is 4.74 Å². The highest BCUT2D eigenvalue weighted by Gasteiger charge is 2.40. The van der Waals surface area contributed by atoms with Gasteiger partial charge < -0.3 is 20.3 Å². The molecule has 2 unspecified atom stereocenters. The van der Waals surface area contributed by atoms with Crippen molar-refractivity contribution < 1.29 is 35.9 Å². The fourth-order valence-electron chi connectivity index (χ4n) is 4.24. The summed E-state index contributed by atoms with van der Waals surface area (Å²) in [5, 5.41) is 5.82. The van der Waals surface area contributed by atoms with Crippen molar-refractivity contribution in [1.29, 1.82) is 0 Å². The lowest BCUT2D eigenvalue weighted by molar-refractivity contribution is -0.144. The average molecular weight is 592 g/mol. The third-order valence-electron chi connectivity index (χ3n) is 6.30. The number of pyridine rings is 1. The third kappa shape index (κ3) is 8.36. The number of nitrogens with one attached hydrogen (secondary N) is 2. The van der Waals surface area contributed by atoms with Crippen LogP contribution in [0.3, 0.4) is 0 Å². The van der Waals surface area contributed by atoms with Gasteiger partial charge in [0.05, 0.1) is 48.9 Å². The Labute approximate surface area is 229 Å². The lowest BCUT2D eigenvalue weighted by Crippen LogP contribution is -2.39. The first-order chi connectivity index (χ1) is 18.9. The van der Waals surface area contributed by atoms with Gasteiger partial charge in [-0.05, 0) is 43.9 Å². The van der Waals surface area contributed by atoms with Crippen molar-refractivity contribution in [2.75, 3.05) is 43.4 Å². The quantitative estimate of drug-likeness (QED) is 0.421. The van der Waals surface area contributed by atoms with Crippen LogP contribution in [0, 0.1) is 12.8 Å². The number of ether oxygens (including phenoxy) is 1. The monoisotopic (exact) mass is 591 g/mol. The number of alkyl halides is 6. The summed E-state index contributed by atoms with van der Waals surface area (Å²) in [6.07, 6.45) is -5.46. The topological polar surface area (TPSA) is 104 Å². The largest absolute Gasteiger partial charge is 0.477 e. The number of aromatic nitrogens is 2. The Morgan fingerprint density at radius 3 is 2.67 bits per heavy atom. The molecule has 0 radical (unpaired) electrons. The fraction of sp³-hybridized carbons (Fsp3) is 0.542. The van der Waals surface area contributed by atoms with Crippen LogP contribution in [-0.2, 0) is 0 Å². The number of amidine groups is 1. The van der Waals surface area contributed by atoms with E-state index >= 15 is 0 Å². The van der Waals surface area contributed by atoms with Crippen LogP contribution in [0.15, 0.2) is 28.3 Å². The molecule has 0 aromatic carbocycles. The molecule has 9 nitrogen and oxygen atoms in total. The first kappa shape index (κ1) is 29.7. The third-order valence-corrected chi connectivity index (χ3v) is 7.15. The van der Waals surface area contributed by atoms with Gasteiger partial charge in [0.25, 0.3) is 5.91 Å². The zero-order valence-electron chi connectivity index (χ0n) is 21.3. The van der Waals surface area contributed by atoms with Crippen molar-refractivity contribution in [3.05, 3.63) is 29.6 Å². The van der Waals surface area contributed by atoms with Crippen molar-refractivity contribution in [2.45, 2.75) is 44.6 Å². The summed E-state index contributed by atoms with van der Waals surface area (Å²) in [6, 6.07) is 1.26. The van der Waals surface area contributed by atoms with E-state index in [-0.39, 0.29) is 23.9 Å². The van der Waals surface area contributed by atoms with E-state index in [9.17, 15) is 31.1 Å². The molecule has 0 saturated carbocycles. The molecule has 2 aromatic rings. The molecule has 40 heavy (non-hydrogen) atoms. The number of likely N-dealkylation sites (tertiary alicyclic amines) is 1. The SMILES string of the molecule is Cc1nsc(NC2=NCC(C(F)(F)F)N=C2)c1C(=O)Nc1ccc(OCC2CCCN(CCC(F)(F)F)C2)nc1. The van der Waals surface area contributed by atoms with Crippen LogP contribution in [0.25, 0.3) is 0 Å². The molecular formula is C24H27F6N7O2S. The Morgan fingerprint density at radius 2 is 2.02 bits per heavy atom. The summed E-state index contributed by atoms with van der Waals surface area (Å²) < 4.78 is 85.8. The average Bonchev–Trinajstić information content (AvgIpc) is 3.26. The second-order valence-electron chi connectivity index (χ2n) is 9.48. The number of nitrogens with zero attached hydrogens (tertiary/aromatic N) is 5. The van der Waals surface area contributed by atoms with E-state index in [2.05, 4.69) is 30.0 Å². The normalized spacial score (nSPS) is 20.2. The molecule has 2 aromatic heterocycles. The van der Waals surface area contributed by atoms with E-state index in [0.717, 1.165) is 30.6 Å². The smallest absolute Gasteiger partial charge is 0.412 e. The number of anilines is 2. The maximum absolute atomic E-state index is 13.0. The minimum atomic E-state index is -4.48.